The van der Waals surface area contributed by atoms with Crippen molar-refractivity contribution in [2.24, 2.45) is 11.8 Å². The number of rotatable bonds is 25. The SMILES string of the molecule is COc1c([C@H]2[C@H](C(=O)Nc3ccnc(C(=O)NCCCNC(=O)CCOCCOCCOC4CCC(OCCNC(=O)[C@H]5CC(=O)N(C)[C@@H]5c5cccnc5)CC4)c3)O[C@@](C)(C(F)(F)F)[C@H]2C)ccc(F)c1F. The number of nitrogens with zero attached hydrogens (tertiary/aromatic N) is 3. The molecule has 0 unspecified atom stereocenters. The lowest BCUT2D eigenvalue weighted by Gasteiger charge is -2.32. The summed E-state index contributed by atoms with van der Waals surface area (Å²) in [7, 11) is 2.73. The molecule has 1 aliphatic carbocycles. The highest BCUT2D eigenvalue weighted by molar-refractivity contribution is 5.98. The van der Waals surface area contributed by atoms with Crippen LogP contribution in [0.4, 0.5) is 27.6 Å². The first-order chi connectivity index (χ1) is 34.9. The monoisotopic (exact) mass is 1030 g/mol. The number of halogens is 5. The largest absolute Gasteiger partial charge is 0.493 e. The van der Waals surface area contributed by atoms with Crippen LogP contribution in [0.2, 0.25) is 0 Å². The number of benzene rings is 1. The lowest BCUT2D eigenvalue weighted by Crippen LogP contribution is -2.47. The van der Waals surface area contributed by atoms with Gasteiger partial charge in [-0.1, -0.05) is 19.1 Å². The molecule has 73 heavy (non-hydrogen) atoms. The topological polar surface area (TPSA) is 218 Å². The minimum atomic E-state index is -4.94. The van der Waals surface area contributed by atoms with E-state index in [0.29, 0.717) is 46.0 Å². The lowest BCUT2D eigenvalue weighted by molar-refractivity contribution is -0.272. The van der Waals surface area contributed by atoms with Gasteiger partial charge in [-0.3, -0.25) is 33.9 Å². The van der Waals surface area contributed by atoms with Crippen molar-refractivity contribution in [3.8, 4) is 5.75 Å². The summed E-state index contributed by atoms with van der Waals surface area (Å²) in [6.07, 6.45) is 1.98. The van der Waals surface area contributed by atoms with Gasteiger partial charge in [0.1, 0.15) is 11.8 Å². The quantitative estimate of drug-likeness (QED) is 0.0637. The van der Waals surface area contributed by atoms with Crippen molar-refractivity contribution in [1.29, 1.82) is 0 Å². The van der Waals surface area contributed by atoms with Crippen molar-refractivity contribution >= 4 is 35.2 Å². The zero-order valence-corrected chi connectivity index (χ0v) is 41.3. The van der Waals surface area contributed by atoms with E-state index in [4.69, 9.17) is 28.4 Å². The molecule has 18 nitrogen and oxygen atoms in total. The smallest absolute Gasteiger partial charge is 0.417 e. The van der Waals surface area contributed by atoms with Crippen LogP contribution in [0.25, 0.3) is 0 Å². The predicted molar refractivity (Wildman–Crippen MR) is 252 cm³/mol. The molecule has 2 saturated heterocycles. The van der Waals surface area contributed by atoms with Gasteiger partial charge >= 0.3 is 6.18 Å². The Balaban J connectivity index is 0.777. The van der Waals surface area contributed by atoms with Crippen LogP contribution in [0.1, 0.15) is 92.4 Å². The van der Waals surface area contributed by atoms with Gasteiger partial charge in [0.25, 0.3) is 11.8 Å². The molecule has 4 N–H and O–H groups in total. The second kappa shape index (κ2) is 26.4. The maximum absolute atomic E-state index is 14.7. The van der Waals surface area contributed by atoms with E-state index in [1.54, 1.807) is 30.4 Å². The third-order valence-electron chi connectivity index (χ3n) is 13.5. The number of hydrogen-bond donors (Lipinski definition) is 4. The third kappa shape index (κ3) is 14.7. The molecule has 3 aromatic rings. The number of anilines is 1. The van der Waals surface area contributed by atoms with Crippen LogP contribution in [-0.2, 0) is 42.9 Å². The molecule has 2 aromatic heterocycles. The Morgan fingerprint density at radius 3 is 2.23 bits per heavy atom. The molecule has 3 aliphatic rings. The van der Waals surface area contributed by atoms with Crippen LogP contribution in [0.5, 0.6) is 5.75 Å². The fourth-order valence-corrected chi connectivity index (χ4v) is 9.35. The molecule has 0 radical (unpaired) electrons. The van der Waals surface area contributed by atoms with Gasteiger partial charge in [-0.15, -0.1) is 0 Å². The molecule has 6 atom stereocenters. The van der Waals surface area contributed by atoms with Crippen molar-refractivity contribution in [1.82, 2.24) is 30.8 Å². The first-order valence-electron chi connectivity index (χ1n) is 24.3. The highest BCUT2D eigenvalue weighted by Gasteiger charge is 2.66. The standard InChI is InChI=1S/C50H64F5N7O11/c1-30-41(35-12-13-37(51)42(52)44(35)68-4)45(73-49(30,2)50(53,54)55)48(67)61-32-14-19-57-38(27-32)47(66)59-18-6-17-58-39(63)15-21-69-23-24-70-25-26-72-34-10-8-33(9-11-34)71-22-20-60-46(65)36-28-40(64)62(3)43(36)31-7-5-16-56-29-31/h5,7,12-14,16,19,27,29-30,33-34,36,41,43,45H,6,8-11,15,17-18,20-26,28H2,1-4H3,(H,58,63)(H,59,66)(H,60,65)(H,57,61,67)/t30-,33?,34?,36-,41-,43+,45+,49+/m0/s1. The van der Waals surface area contributed by atoms with E-state index in [-0.39, 0.29) is 85.5 Å². The number of alkyl halides is 3. The maximum atomic E-state index is 14.7. The van der Waals surface area contributed by atoms with Crippen LogP contribution in [0, 0.1) is 23.5 Å². The Kier molecular flexibility index (Phi) is 20.4. The number of methoxy groups -OCH3 is 1. The molecular weight excluding hydrogens is 970 g/mol. The minimum absolute atomic E-state index is 0.00844. The zero-order chi connectivity index (χ0) is 52.7. The summed E-state index contributed by atoms with van der Waals surface area (Å²) in [6, 6.07) is 7.63. The fraction of sp³-hybridized carbons (Fsp3) is 0.580. The molecule has 0 spiro atoms. The second-order valence-corrected chi connectivity index (χ2v) is 18.3. The van der Waals surface area contributed by atoms with Crippen molar-refractivity contribution in [3.05, 3.63) is 83.4 Å². The number of likely N-dealkylation sites (tertiary alicyclic amines) is 1. The number of aromatic nitrogens is 2. The first kappa shape index (κ1) is 56.4. The van der Waals surface area contributed by atoms with Gasteiger partial charge in [-0.2, -0.15) is 17.6 Å². The van der Waals surface area contributed by atoms with Gasteiger partial charge in [0, 0.05) is 81.2 Å². The van der Waals surface area contributed by atoms with Crippen LogP contribution >= 0.6 is 0 Å². The second-order valence-electron chi connectivity index (χ2n) is 18.3. The number of ether oxygens (including phenoxy) is 6. The van der Waals surface area contributed by atoms with E-state index in [9.17, 15) is 45.9 Å². The fourth-order valence-electron chi connectivity index (χ4n) is 9.35. The average Bonchev–Trinajstić information content (AvgIpc) is 3.84. The summed E-state index contributed by atoms with van der Waals surface area (Å²) in [5.41, 5.74) is -2.32. The van der Waals surface area contributed by atoms with Gasteiger partial charge in [0.2, 0.25) is 23.5 Å². The number of amides is 5. The number of carbonyl (C=O) groups excluding carboxylic acids is 5. The van der Waals surface area contributed by atoms with Crippen LogP contribution in [-0.4, -0.2) is 148 Å². The van der Waals surface area contributed by atoms with Gasteiger partial charge in [-0.05, 0) is 68.9 Å². The van der Waals surface area contributed by atoms with E-state index < -0.39 is 64.8 Å². The van der Waals surface area contributed by atoms with Crippen molar-refractivity contribution in [3.63, 3.8) is 0 Å². The van der Waals surface area contributed by atoms with Crippen LogP contribution in [0.15, 0.2) is 55.0 Å². The zero-order valence-electron chi connectivity index (χ0n) is 41.3. The maximum Gasteiger partial charge on any atom is 0.417 e. The Morgan fingerprint density at radius 1 is 0.863 bits per heavy atom. The molecule has 6 rings (SSSR count). The van der Waals surface area contributed by atoms with Gasteiger partial charge in [0.15, 0.2) is 17.2 Å². The Hall–Kier alpha value is -5.88. The molecule has 0 bridgehead atoms. The number of hydrogen-bond acceptors (Lipinski definition) is 13. The van der Waals surface area contributed by atoms with E-state index in [1.807, 2.05) is 6.07 Å². The van der Waals surface area contributed by atoms with Crippen molar-refractivity contribution in [2.45, 2.75) is 101 Å². The average molecular weight is 1030 g/mol. The van der Waals surface area contributed by atoms with Crippen molar-refractivity contribution in [2.75, 3.05) is 78.7 Å². The molecule has 2 aliphatic heterocycles. The number of nitrogens with one attached hydrogen (secondary N) is 4. The molecule has 1 aromatic carbocycles. The molecule has 4 heterocycles. The van der Waals surface area contributed by atoms with Gasteiger partial charge in [-0.25, -0.2) is 4.39 Å². The normalized spacial score (nSPS) is 24.0. The van der Waals surface area contributed by atoms with E-state index in [0.717, 1.165) is 57.4 Å². The summed E-state index contributed by atoms with van der Waals surface area (Å²) in [5.74, 6) is -8.89. The van der Waals surface area contributed by atoms with Gasteiger partial charge < -0.3 is 54.6 Å². The molecule has 3 fully saturated rings. The minimum Gasteiger partial charge on any atom is -0.493 e. The number of carbonyl (C=O) groups is 5. The summed E-state index contributed by atoms with van der Waals surface area (Å²) >= 11 is 0. The Bertz CT molecular complexity index is 2350. The molecule has 400 valence electrons. The van der Waals surface area contributed by atoms with E-state index in [1.165, 1.54) is 25.3 Å². The van der Waals surface area contributed by atoms with E-state index >= 15 is 0 Å². The lowest BCUT2D eigenvalue weighted by atomic mass is 9.77. The number of pyridine rings is 2. The molecular formula is C50H64F5N7O11. The summed E-state index contributed by atoms with van der Waals surface area (Å²) < 4.78 is 105. The highest BCUT2D eigenvalue weighted by atomic mass is 19.4. The summed E-state index contributed by atoms with van der Waals surface area (Å²) in [6.45, 7) is 4.72. The highest BCUT2D eigenvalue weighted by Crippen LogP contribution is 2.55. The molecule has 23 heteroatoms. The molecule has 1 saturated carbocycles. The van der Waals surface area contributed by atoms with Gasteiger partial charge in [0.05, 0.1) is 70.9 Å². The summed E-state index contributed by atoms with van der Waals surface area (Å²) in [5, 5.41) is 10.8. The third-order valence-corrected chi connectivity index (χ3v) is 13.5. The Labute approximate surface area is 420 Å². The van der Waals surface area contributed by atoms with E-state index in [2.05, 4.69) is 31.2 Å². The van der Waals surface area contributed by atoms with Crippen LogP contribution in [0.3, 0.4) is 0 Å². The Morgan fingerprint density at radius 2 is 1.55 bits per heavy atom. The molecule has 5 amide bonds. The van der Waals surface area contributed by atoms with Crippen LogP contribution < -0.4 is 26.0 Å². The van der Waals surface area contributed by atoms with Crippen molar-refractivity contribution < 1.29 is 74.3 Å². The predicted octanol–water partition coefficient (Wildman–Crippen LogP) is 5.18. The summed E-state index contributed by atoms with van der Waals surface area (Å²) in [4.78, 5) is 73.9. The first-order valence-corrected chi connectivity index (χ1v) is 24.3.